The third-order valence-electron chi connectivity index (χ3n) is 4.08. The van der Waals surface area contributed by atoms with Crippen LogP contribution in [0.4, 0.5) is 0 Å². The van der Waals surface area contributed by atoms with Crippen molar-refractivity contribution >= 4 is 11.8 Å². The van der Waals surface area contributed by atoms with Crippen LogP contribution >= 0.6 is 0 Å². The zero-order valence-corrected chi connectivity index (χ0v) is 13.5. The Balaban J connectivity index is 2.60. The lowest BCUT2D eigenvalue weighted by molar-refractivity contribution is -0.146. The second-order valence-electron chi connectivity index (χ2n) is 5.88. The number of hydrogen-bond donors (Lipinski definition) is 2. The van der Waals surface area contributed by atoms with E-state index >= 15 is 0 Å². The minimum Gasteiger partial charge on any atom is -0.466 e. The number of carbonyl (C=O) groups excluding carboxylic acids is 2. The highest BCUT2D eigenvalue weighted by molar-refractivity contribution is 5.88. The fourth-order valence-corrected chi connectivity index (χ4v) is 2.84. The number of carbonyl (C=O) groups is 2. The van der Waals surface area contributed by atoms with Crippen molar-refractivity contribution in [1.29, 1.82) is 0 Å². The van der Waals surface area contributed by atoms with Gasteiger partial charge in [0, 0.05) is 18.3 Å². The molecule has 0 aromatic heterocycles. The van der Waals surface area contributed by atoms with Gasteiger partial charge in [0.15, 0.2) is 0 Å². The maximum atomic E-state index is 11.9. The highest BCUT2D eigenvalue weighted by Gasteiger charge is 2.41. The van der Waals surface area contributed by atoms with E-state index in [1.54, 1.807) is 19.1 Å². The Labute approximate surface area is 132 Å². The quantitative estimate of drug-likeness (QED) is 0.386. The number of esters is 1. The van der Waals surface area contributed by atoms with Crippen molar-refractivity contribution in [2.45, 2.75) is 64.6 Å². The first-order valence-electron chi connectivity index (χ1n) is 8.22. The molecule has 0 aromatic rings. The van der Waals surface area contributed by atoms with Crippen molar-refractivity contribution in [1.82, 2.24) is 0 Å². The molecule has 0 aliphatic heterocycles. The van der Waals surface area contributed by atoms with Gasteiger partial charge in [-0.1, -0.05) is 38.3 Å². The van der Waals surface area contributed by atoms with Gasteiger partial charge in [-0.2, -0.15) is 0 Å². The fourth-order valence-electron chi connectivity index (χ4n) is 2.84. The third kappa shape index (κ3) is 5.89. The molecule has 4 atom stereocenters. The third-order valence-corrected chi connectivity index (χ3v) is 4.08. The number of ether oxygens (including phenoxy) is 1. The zero-order chi connectivity index (χ0) is 16.5. The summed E-state index contributed by atoms with van der Waals surface area (Å²) >= 11 is 0. The lowest BCUT2D eigenvalue weighted by Crippen LogP contribution is -2.23. The summed E-state index contributed by atoms with van der Waals surface area (Å²) in [5.41, 5.74) is 0. The summed E-state index contributed by atoms with van der Waals surface area (Å²) in [6, 6.07) is 0. The maximum absolute atomic E-state index is 11.9. The number of unbranched alkanes of at least 4 members (excludes halogenated alkanes) is 2. The van der Waals surface area contributed by atoms with E-state index in [-0.39, 0.29) is 25.2 Å². The molecule has 0 bridgehead atoms. The molecule has 1 rings (SSSR count). The van der Waals surface area contributed by atoms with Crippen LogP contribution in [0, 0.1) is 11.8 Å². The van der Waals surface area contributed by atoms with Crippen molar-refractivity contribution in [3.05, 3.63) is 12.2 Å². The highest BCUT2D eigenvalue weighted by Crippen LogP contribution is 2.33. The van der Waals surface area contributed by atoms with Gasteiger partial charge in [-0.25, -0.2) is 0 Å². The highest BCUT2D eigenvalue weighted by atomic mass is 16.5. The Morgan fingerprint density at radius 2 is 2.14 bits per heavy atom. The number of aliphatic hydroxyl groups excluding tert-OH is 2. The molecular formula is C17H28O5. The lowest BCUT2D eigenvalue weighted by atomic mass is 9.90. The molecule has 0 spiro atoms. The molecule has 1 aliphatic carbocycles. The van der Waals surface area contributed by atoms with Gasteiger partial charge in [-0.3, -0.25) is 9.59 Å². The second kappa shape index (κ2) is 9.74. The van der Waals surface area contributed by atoms with E-state index in [4.69, 9.17) is 4.74 Å². The minimum absolute atomic E-state index is 0.00926. The van der Waals surface area contributed by atoms with Crippen LogP contribution in [-0.2, 0) is 14.3 Å². The normalized spacial score (nSPS) is 26.5. The van der Waals surface area contributed by atoms with E-state index in [1.165, 1.54) is 0 Å². The molecule has 126 valence electrons. The summed E-state index contributed by atoms with van der Waals surface area (Å²) < 4.78 is 4.88. The first-order valence-corrected chi connectivity index (χ1v) is 8.22. The van der Waals surface area contributed by atoms with Crippen LogP contribution in [0.5, 0.6) is 0 Å². The Morgan fingerprint density at radius 1 is 1.41 bits per heavy atom. The molecule has 1 saturated carbocycles. The number of hydrogen-bond acceptors (Lipinski definition) is 5. The molecule has 22 heavy (non-hydrogen) atoms. The van der Waals surface area contributed by atoms with Gasteiger partial charge in [-0.05, 0) is 13.3 Å². The van der Waals surface area contributed by atoms with Crippen LogP contribution in [-0.4, -0.2) is 40.8 Å². The predicted octanol–water partition coefficient (Wildman–Crippen LogP) is 2.00. The topological polar surface area (TPSA) is 83.8 Å². The van der Waals surface area contributed by atoms with Crippen molar-refractivity contribution in [3.8, 4) is 0 Å². The van der Waals surface area contributed by atoms with Crippen LogP contribution in [0.1, 0.15) is 52.4 Å². The van der Waals surface area contributed by atoms with Crippen LogP contribution in [0.15, 0.2) is 12.2 Å². The monoisotopic (exact) mass is 312 g/mol. The molecule has 0 unspecified atom stereocenters. The van der Waals surface area contributed by atoms with E-state index < -0.39 is 30.0 Å². The van der Waals surface area contributed by atoms with Gasteiger partial charge in [0.2, 0.25) is 0 Å². The largest absolute Gasteiger partial charge is 0.466 e. The van der Waals surface area contributed by atoms with Crippen molar-refractivity contribution in [3.63, 3.8) is 0 Å². The first-order chi connectivity index (χ1) is 10.5. The van der Waals surface area contributed by atoms with Gasteiger partial charge in [0.25, 0.3) is 0 Å². The summed E-state index contributed by atoms with van der Waals surface area (Å²) in [5, 5.41) is 19.9. The molecule has 0 heterocycles. The summed E-state index contributed by atoms with van der Waals surface area (Å²) in [5.74, 6) is -1.50. The lowest BCUT2D eigenvalue weighted by Gasteiger charge is -2.17. The number of Topliss-reactive ketones (excluding diaryl/α,β-unsaturated/α-hetero) is 1. The van der Waals surface area contributed by atoms with Crippen LogP contribution in [0.25, 0.3) is 0 Å². The Kier molecular flexibility index (Phi) is 8.35. The molecule has 0 radical (unpaired) electrons. The number of rotatable bonds is 9. The molecule has 1 fully saturated rings. The smallest absolute Gasteiger partial charge is 0.306 e. The number of ketones is 1. The molecule has 0 amide bonds. The van der Waals surface area contributed by atoms with Crippen LogP contribution in [0.2, 0.25) is 0 Å². The van der Waals surface area contributed by atoms with Gasteiger partial charge in [-0.15, -0.1) is 0 Å². The van der Waals surface area contributed by atoms with E-state index in [2.05, 4.69) is 6.92 Å². The standard InChI is InChI=1S/C17H28O5/c1-3-5-6-7-12(18)8-9-13-14(10-17(21)22-4-2)16(20)11-15(13)19/h8-9,12-15,18-19H,3-7,10-11H2,1-2H3/b9-8+/t12-,13+,14-,15-/m0/s1. The molecule has 0 saturated heterocycles. The summed E-state index contributed by atoms with van der Waals surface area (Å²) in [4.78, 5) is 23.5. The SMILES string of the molecule is CCCCC[C@H](O)/C=C/[C@@H]1[C@H](CC(=O)OCC)C(=O)C[C@@H]1O. The summed E-state index contributed by atoms with van der Waals surface area (Å²) in [6.45, 7) is 4.09. The first kappa shape index (κ1) is 18.8. The predicted molar refractivity (Wildman–Crippen MR) is 83.1 cm³/mol. The maximum Gasteiger partial charge on any atom is 0.306 e. The van der Waals surface area contributed by atoms with Gasteiger partial charge >= 0.3 is 5.97 Å². The summed E-state index contributed by atoms with van der Waals surface area (Å²) in [6.07, 6.45) is 5.80. The molecule has 1 aliphatic rings. The minimum atomic E-state index is -0.786. The molecule has 0 aromatic carbocycles. The van der Waals surface area contributed by atoms with Gasteiger partial charge < -0.3 is 14.9 Å². The van der Waals surface area contributed by atoms with E-state index in [0.29, 0.717) is 6.42 Å². The van der Waals surface area contributed by atoms with Crippen molar-refractivity contribution in [2.75, 3.05) is 6.61 Å². The van der Waals surface area contributed by atoms with Crippen molar-refractivity contribution < 1.29 is 24.5 Å². The van der Waals surface area contributed by atoms with Gasteiger partial charge in [0.1, 0.15) is 5.78 Å². The van der Waals surface area contributed by atoms with Crippen LogP contribution < -0.4 is 0 Å². The molecule has 5 nitrogen and oxygen atoms in total. The Hall–Kier alpha value is -1.20. The van der Waals surface area contributed by atoms with Crippen molar-refractivity contribution in [2.24, 2.45) is 11.8 Å². The average Bonchev–Trinajstić information content (AvgIpc) is 2.71. The molecular weight excluding hydrogens is 284 g/mol. The average molecular weight is 312 g/mol. The number of aliphatic hydroxyl groups is 2. The zero-order valence-electron chi connectivity index (χ0n) is 13.5. The Bertz CT molecular complexity index is 391. The van der Waals surface area contributed by atoms with Gasteiger partial charge in [0.05, 0.1) is 25.2 Å². The second-order valence-corrected chi connectivity index (χ2v) is 5.88. The fraction of sp³-hybridized carbons (Fsp3) is 0.765. The molecule has 2 N–H and O–H groups in total. The van der Waals surface area contributed by atoms with E-state index in [0.717, 1.165) is 19.3 Å². The molecule has 5 heteroatoms. The van der Waals surface area contributed by atoms with E-state index in [9.17, 15) is 19.8 Å². The Morgan fingerprint density at radius 3 is 2.77 bits per heavy atom. The summed E-state index contributed by atoms with van der Waals surface area (Å²) in [7, 11) is 0. The van der Waals surface area contributed by atoms with Crippen LogP contribution in [0.3, 0.4) is 0 Å². The van der Waals surface area contributed by atoms with E-state index in [1.807, 2.05) is 0 Å².